The van der Waals surface area contributed by atoms with Crippen LogP contribution in [0.2, 0.25) is 0 Å². The van der Waals surface area contributed by atoms with Crippen molar-refractivity contribution in [2.45, 2.75) is 0 Å². The summed E-state index contributed by atoms with van der Waals surface area (Å²) in [4.78, 5) is 30.9. The first-order valence-corrected chi connectivity index (χ1v) is 18.3. The number of rotatable bonds is 44. The van der Waals surface area contributed by atoms with E-state index in [1.165, 1.54) is 12.1 Å². The first kappa shape index (κ1) is 50.8. The Bertz CT molecular complexity index is 1110. The smallest absolute Gasteiger partial charge is 0.329 e. The number of carbonyl (C=O) groups is 1. The van der Waals surface area contributed by atoms with E-state index in [1.807, 2.05) is 0 Å². The Morgan fingerprint density at radius 1 is 0.464 bits per heavy atom. The van der Waals surface area contributed by atoms with Gasteiger partial charge in [-0.25, -0.2) is 4.79 Å². The summed E-state index contributed by atoms with van der Waals surface area (Å²) >= 11 is 0. The van der Waals surface area contributed by atoms with Crippen LogP contribution < -0.4 is 5.32 Å². The van der Waals surface area contributed by atoms with Crippen LogP contribution in [0.4, 0.5) is 17.1 Å². The minimum absolute atomic E-state index is 0.179. The molecule has 0 saturated carbocycles. The Labute approximate surface area is 326 Å². The molecular weight excluding hydrogens is 754 g/mol. The summed E-state index contributed by atoms with van der Waals surface area (Å²) in [6.07, 6.45) is 0. The number of nitro benzene ring substituents is 2. The van der Waals surface area contributed by atoms with E-state index in [0.29, 0.717) is 152 Å². The van der Waals surface area contributed by atoms with Gasteiger partial charge in [-0.2, -0.15) is 0 Å². The van der Waals surface area contributed by atoms with Gasteiger partial charge in [0.2, 0.25) is 0 Å². The zero-order valence-corrected chi connectivity index (χ0v) is 32.0. The van der Waals surface area contributed by atoms with Gasteiger partial charge in [0.15, 0.2) is 0 Å². The van der Waals surface area contributed by atoms with Gasteiger partial charge < -0.3 is 72.0 Å². The fourth-order valence-electron chi connectivity index (χ4n) is 3.99. The number of hydrogen-bond acceptors (Lipinski definition) is 19. The second-order valence-electron chi connectivity index (χ2n) is 10.9. The van der Waals surface area contributed by atoms with Crippen molar-refractivity contribution in [1.82, 2.24) is 0 Å². The lowest BCUT2D eigenvalue weighted by atomic mass is 10.2. The molecule has 0 heterocycles. The molecule has 1 rings (SSSR count). The maximum atomic E-state index is 11.2. The molecule has 1 aromatic rings. The summed E-state index contributed by atoms with van der Waals surface area (Å²) in [6.45, 7) is 10.3. The van der Waals surface area contributed by atoms with E-state index < -0.39 is 15.8 Å². The molecule has 2 N–H and O–H groups in total. The molecule has 0 aliphatic rings. The lowest BCUT2D eigenvalue weighted by Crippen LogP contribution is -2.16. The topological polar surface area (TPSA) is 256 Å². The minimum Gasteiger partial charge on any atom is -0.480 e. The molecule has 0 saturated heterocycles. The fraction of sp³-hybridized carbons (Fsp3) is 0.794. The van der Waals surface area contributed by atoms with Crippen LogP contribution in [0.15, 0.2) is 18.2 Å². The van der Waals surface area contributed by atoms with Crippen molar-refractivity contribution in [3.8, 4) is 0 Å². The molecule has 0 spiro atoms. The number of carboxylic acid groups (broad SMARTS) is 1. The molecule has 0 aromatic heterocycles. The van der Waals surface area contributed by atoms with Crippen LogP contribution in [0.1, 0.15) is 0 Å². The van der Waals surface area contributed by atoms with Crippen molar-refractivity contribution in [2.24, 2.45) is 0 Å². The number of hydrogen-bond donors (Lipinski definition) is 2. The largest absolute Gasteiger partial charge is 0.480 e. The van der Waals surface area contributed by atoms with E-state index >= 15 is 0 Å². The second kappa shape index (κ2) is 38.6. The van der Waals surface area contributed by atoms with Crippen molar-refractivity contribution in [1.29, 1.82) is 0 Å². The van der Waals surface area contributed by atoms with Crippen LogP contribution in [-0.4, -0.2) is 199 Å². The van der Waals surface area contributed by atoms with Gasteiger partial charge in [0, 0.05) is 12.6 Å². The Hall–Kier alpha value is -3.23. The predicted molar refractivity (Wildman–Crippen MR) is 197 cm³/mol. The highest BCUT2D eigenvalue weighted by atomic mass is 16.6. The molecule has 0 fully saturated rings. The van der Waals surface area contributed by atoms with Gasteiger partial charge in [-0.05, 0) is 6.07 Å². The Morgan fingerprint density at radius 2 is 0.750 bits per heavy atom. The normalized spacial score (nSPS) is 11.3. The molecule has 0 atom stereocenters. The lowest BCUT2D eigenvalue weighted by Gasteiger charge is -2.09. The van der Waals surface area contributed by atoms with E-state index in [-0.39, 0.29) is 43.4 Å². The van der Waals surface area contributed by atoms with Crippen LogP contribution in [0.25, 0.3) is 0 Å². The van der Waals surface area contributed by atoms with Gasteiger partial charge in [-0.1, -0.05) is 0 Å². The minimum atomic E-state index is -1.01. The summed E-state index contributed by atoms with van der Waals surface area (Å²) in [5.41, 5.74) is -0.544. The quantitative estimate of drug-likeness (QED) is 0.0533. The standard InChI is InChI=1S/C34H59N3O19/c38-34(39)30-56-28-27-55-26-25-54-24-23-53-22-21-52-20-19-51-18-17-50-16-15-49-14-13-48-12-11-47-10-9-46-8-7-45-6-5-44-4-3-35-32-2-1-31(36(40)41)29-33(32)37(42)43/h1-2,29,35H,3-28,30H2,(H,38,39). The number of carboxylic acids is 1. The highest BCUT2D eigenvalue weighted by Gasteiger charge is 2.19. The number of non-ortho nitro benzene ring substituents is 1. The van der Waals surface area contributed by atoms with E-state index in [1.54, 1.807) is 0 Å². The molecule has 0 bridgehead atoms. The van der Waals surface area contributed by atoms with Crippen LogP contribution in [0.3, 0.4) is 0 Å². The van der Waals surface area contributed by atoms with Crippen molar-refractivity contribution in [2.75, 3.05) is 184 Å². The molecule has 22 nitrogen and oxygen atoms in total. The highest BCUT2D eigenvalue weighted by Crippen LogP contribution is 2.28. The molecule has 0 aliphatic heterocycles. The number of nitro groups is 2. The monoisotopic (exact) mass is 813 g/mol. The van der Waals surface area contributed by atoms with E-state index in [4.69, 9.17) is 66.7 Å². The average molecular weight is 814 g/mol. The number of anilines is 1. The third-order valence-corrected chi connectivity index (χ3v) is 6.64. The van der Waals surface area contributed by atoms with Crippen LogP contribution in [-0.2, 0) is 66.4 Å². The third-order valence-electron chi connectivity index (χ3n) is 6.64. The highest BCUT2D eigenvalue weighted by molar-refractivity contribution is 5.68. The number of nitrogens with one attached hydrogen (secondary N) is 1. The molecule has 0 unspecified atom stereocenters. The summed E-state index contributed by atoms with van der Waals surface area (Å²) in [6, 6.07) is 3.41. The molecular formula is C34H59N3O19. The number of benzene rings is 1. The first-order chi connectivity index (χ1) is 27.4. The van der Waals surface area contributed by atoms with Crippen LogP contribution >= 0.6 is 0 Å². The first-order valence-electron chi connectivity index (χ1n) is 18.3. The summed E-state index contributed by atoms with van der Waals surface area (Å²) in [7, 11) is 0. The van der Waals surface area contributed by atoms with Gasteiger partial charge in [-0.15, -0.1) is 0 Å². The number of aliphatic carboxylic acids is 1. The van der Waals surface area contributed by atoms with Gasteiger partial charge in [0.1, 0.15) is 12.3 Å². The molecule has 0 amide bonds. The molecule has 56 heavy (non-hydrogen) atoms. The Kier molecular flexibility index (Phi) is 35.0. The van der Waals surface area contributed by atoms with Crippen molar-refractivity contribution in [3.05, 3.63) is 38.4 Å². The van der Waals surface area contributed by atoms with Crippen LogP contribution in [0.5, 0.6) is 0 Å². The van der Waals surface area contributed by atoms with E-state index in [9.17, 15) is 25.0 Å². The van der Waals surface area contributed by atoms with Gasteiger partial charge in [0.25, 0.3) is 11.4 Å². The maximum absolute atomic E-state index is 11.2. The number of nitrogens with zero attached hydrogens (tertiary/aromatic N) is 2. The molecule has 1 aromatic carbocycles. The zero-order valence-electron chi connectivity index (χ0n) is 32.0. The summed E-state index contributed by atoms with van der Waals surface area (Å²) in [5, 5.41) is 33.2. The fourth-order valence-corrected chi connectivity index (χ4v) is 3.99. The van der Waals surface area contributed by atoms with Crippen molar-refractivity contribution >= 4 is 23.0 Å². The molecule has 0 radical (unpaired) electrons. The van der Waals surface area contributed by atoms with Gasteiger partial charge in [-0.3, -0.25) is 20.2 Å². The predicted octanol–water partition coefficient (Wildman–Crippen LogP) is 1.22. The summed E-state index contributed by atoms with van der Waals surface area (Å²) < 4.78 is 69.9. The van der Waals surface area contributed by atoms with Gasteiger partial charge >= 0.3 is 5.97 Å². The van der Waals surface area contributed by atoms with E-state index in [0.717, 1.165) is 6.07 Å². The Balaban J connectivity index is 1.69. The third kappa shape index (κ3) is 33.0. The average Bonchev–Trinajstić information content (AvgIpc) is 3.18. The molecule has 22 heteroatoms. The van der Waals surface area contributed by atoms with E-state index in [2.05, 4.69) is 5.32 Å². The SMILES string of the molecule is O=C(O)COCCOCCOCCOCCOCCOCCOCCOCCOCCOCCOCCOCCOCCNc1ccc([N+](=O)[O-])cc1[N+](=O)[O-]. The second-order valence-corrected chi connectivity index (χ2v) is 10.9. The number of ether oxygens (including phenoxy) is 13. The summed E-state index contributed by atoms with van der Waals surface area (Å²) in [5.74, 6) is -1.01. The van der Waals surface area contributed by atoms with Crippen molar-refractivity contribution in [3.63, 3.8) is 0 Å². The maximum Gasteiger partial charge on any atom is 0.329 e. The molecule has 324 valence electrons. The van der Waals surface area contributed by atoms with Crippen molar-refractivity contribution < 1.29 is 81.3 Å². The lowest BCUT2D eigenvalue weighted by molar-refractivity contribution is -0.393. The van der Waals surface area contributed by atoms with Crippen LogP contribution in [0, 0.1) is 20.2 Å². The van der Waals surface area contributed by atoms with Gasteiger partial charge in [0.05, 0.1) is 181 Å². The molecule has 0 aliphatic carbocycles. The zero-order chi connectivity index (χ0) is 40.6. The Morgan fingerprint density at radius 3 is 1.02 bits per heavy atom.